The molecular weight excluding hydrogens is 230 g/mol. The van der Waals surface area contributed by atoms with Crippen LogP contribution in [-0.2, 0) is 7.05 Å². The van der Waals surface area contributed by atoms with Gasteiger partial charge in [-0.05, 0) is 25.1 Å². The first-order chi connectivity index (χ1) is 8.56. The molecule has 0 amide bonds. The molecule has 0 saturated carbocycles. The Morgan fingerprint density at radius 2 is 2.00 bits per heavy atom. The molecule has 0 spiro atoms. The van der Waals surface area contributed by atoms with Crippen molar-refractivity contribution in [1.29, 1.82) is 0 Å². The summed E-state index contributed by atoms with van der Waals surface area (Å²) in [6.07, 6.45) is 0. The van der Waals surface area contributed by atoms with E-state index in [0.717, 1.165) is 10.9 Å². The van der Waals surface area contributed by atoms with E-state index < -0.39 is 0 Å². The van der Waals surface area contributed by atoms with Gasteiger partial charge in [0.15, 0.2) is 0 Å². The second-order valence-electron chi connectivity index (χ2n) is 4.31. The summed E-state index contributed by atoms with van der Waals surface area (Å²) in [7, 11) is 1.69. The van der Waals surface area contributed by atoms with Crippen LogP contribution in [-0.4, -0.2) is 14.5 Å². The fraction of sp³-hybridized carbons (Fsp3) is 0.154. The van der Waals surface area contributed by atoms with Crippen LogP contribution in [0.5, 0.6) is 0 Å². The lowest BCUT2D eigenvalue weighted by atomic mass is 10.1. The van der Waals surface area contributed by atoms with Gasteiger partial charge < -0.3 is 9.55 Å². The Hall–Kier alpha value is -2.43. The van der Waals surface area contributed by atoms with E-state index in [2.05, 4.69) is 9.97 Å². The summed E-state index contributed by atoms with van der Waals surface area (Å²) in [6.45, 7) is 1.74. The fourth-order valence-corrected chi connectivity index (χ4v) is 2.12. The second-order valence-corrected chi connectivity index (χ2v) is 4.31. The van der Waals surface area contributed by atoms with Crippen LogP contribution >= 0.6 is 0 Å². The van der Waals surface area contributed by atoms with Gasteiger partial charge in [0.25, 0.3) is 11.1 Å². The highest BCUT2D eigenvalue weighted by atomic mass is 16.1. The van der Waals surface area contributed by atoms with Gasteiger partial charge in [0, 0.05) is 18.5 Å². The number of aryl methyl sites for hydroxylation is 2. The van der Waals surface area contributed by atoms with Crippen molar-refractivity contribution in [2.45, 2.75) is 6.92 Å². The van der Waals surface area contributed by atoms with E-state index in [0.29, 0.717) is 16.7 Å². The molecule has 18 heavy (non-hydrogen) atoms. The molecule has 0 aliphatic rings. The van der Waals surface area contributed by atoms with Gasteiger partial charge >= 0.3 is 0 Å². The predicted octanol–water partition coefficient (Wildman–Crippen LogP) is 1.08. The molecule has 0 fully saturated rings. The van der Waals surface area contributed by atoms with Gasteiger partial charge in [-0.3, -0.25) is 9.59 Å². The summed E-state index contributed by atoms with van der Waals surface area (Å²) < 4.78 is 1.52. The monoisotopic (exact) mass is 241 g/mol. The van der Waals surface area contributed by atoms with Crippen molar-refractivity contribution in [3.8, 4) is 0 Å². The maximum Gasteiger partial charge on any atom is 0.258 e. The van der Waals surface area contributed by atoms with Crippen LogP contribution in [0, 0.1) is 6.92 Å². The Labute approximate surface area is 102 Å². The van der Waals surface area contributed by atoms with E-state index in [1.807, 2.05) is 6.07 Å². The Balaban J connectivity index is 2.60. The van der Waals surface area contributed by atoms with Gasteiger partial charge in [-0.25, -0.2) is 4.98 Å². The number of H-pyrrole nitrogens is 1. The van der Waals surface area contributed by atoms with Gasteiger partial charge in [0.1, 0.15) is 5.82 Å². The minimum Gasteiger partial charge on any atom is -0.311 e. The minimum atomic E-state index is -0.185. The topological polar surface area (TPSA) is 67.8 Å². The molecule has 0 aliphatic carbocycles. The highest BCUT2D eigenvalue weighted by Crippen LogP contribution is 2.17. The van der Waals surface area contributed by atoms with Gasteiger partial charge in [-0.15, -0.1) is 0 Å². The van der Waals surface area contributed by atoms with Crippen LogP contribution in [0.25, 0.3) is 21.8 Å². The van der Waals surface area contributed by atoms with E-state index in [4.69, 9.17) is 0 Å². The maximum absolute atomic E-state index is 11.9. The van der Waals surface area contributed by atoms with Crippen molar-refractivity contribution in [3.05, 3.63) is 50.8 Å². The zero-order valence-electron chi connectivity index (χ0n) is 10.0. The number of benzene rings is 1. The van der Waals surface area contributed by atoms with Gasteiger partial charge in [-0.1, -0.05) is 0 Å². The molecule has 0 bridgehead atoms. The smallest absolute Gasteiger partial charge is 0.258 e. The third kappa shape index (κ3) is 1.44. The van der Waals surface area contributed by atoms with Crippen LogP contribution in [0.3, 0.4) is 0 Å². The summed E-state index contributed by atoms with van der Waals surface area (Å²) in [4.78, 5) is 30.4. The minimum absolute atomic E-state index is 0.0988. The average molecular weight is 241 g/mol. The van der Waals surface area contributed by atoms with Crippen molar-refractivity contribution in [1.82, 2.24) is 14.5 Å². The molecule has 2 aromatic heterocycles. The Morgan fingerprint density at radius 1 is 1.22 bits per heavy atom. The molecule has 3 rings (SSSR count). The molecule has 3 aromatic rings. The lowest BCUT2D eigenvalue weighted by molar-refractivity contribution is 0.906. The average Bonchev–Trinajstić information content (AvgIpc) is 2.32. The van der Waals surface area contributed by atoms with Crippen LogP contribution in [0.1, 0.15) is 5.82 Å². The van der Waals surface area contributed by atoms with Gasteiger partial charge in [-0.2, -0.15) is 0 Å². The standard InChI is InChI=1S/C13H11N3O2/c1-7-14-10-5-8-3-4-12(17)16(2)11(8)6-9(10)13(18)15-7/h3-6H,1-2H3,(H,14,15,18). The number of aromatic amines is 1. The van der Waals surface area contributed by atoms with Gasteiger partial charge in [0.2, 0.25) is 0 Å². The first-order valence-electron chi connectivity index (χ1n) is 5.57. The molecule has 0 atom stereocenters. The maximum atomic E-state index is 11.9. The third-order valence-corrected chi connectivity index (χ3v) is 3.07. The molecule has 0 unspecified atom stereocenters. The zero-order chi connectivity index (χ0) is 12.9. The first-order valence-corrected chi connectivity index (χ1v) is 5.57. The van der Waals surface area contributed by atoms with E-state index in [9.17, 15) is 9.59 Å². The van der Waals surface area contributed by atoms with Crippen LogP contribution < -0.4 is 11.1 Å². The molecule has 5 heteroatoms. The molecule has 0 aliphatic heterocycles. The van der Waals surface area contributed by atoms with E-state index in [1.165, 1.54) is 10.6 Å². The second kappa shape index (κ2) is 3.53. The van der Waals surface area contributed by atoms with Crippen molar-refractivity contribution < 1.29 is 0 Å². The molecule has 5 nitrogen and oxygen atoms in total. The predicted molar refractivity (Wildman–Crippen MR) is 69.8 cm³/mol. The zero-order valence-corrected chi connectivity index (χ0v) is 10.0. The van der Waals surface area contributed by atoms with Crippen molar-refractivity contribution in [2.75, 3.05) is 0 Å². The lowest BCUT2D eigenvalue weighted by Crippen LogP contribution is -2.16. The number of pyridine rings is 1. The Kier molecular flexibility index (Phi) is 2.10. The Bertz CT molecular complexity index is 890. The summed E-state index contributed by atoms with van der Waals surface area (Å²) in [5.41, 5.74) is 1.09. The van der Waals surface area contributed by atoms with Crippen molar-refractivity contribution in [3.63, 3.8) is 0 Å². The molecule has 1 N–H and O–H groups in total. The summed E-state index contributed by atoms with van der Waals surface area (Å²) >= 11 is 0. The van der Waals surface area contributed by atoms with E-state index >= 15 is 0 Å². The summed E-state index contributed by atoms with van der Waals surface area (Å²) in [5.74, 6) is 0.580. The summed E-state index contributed by atoms with van der Waals surface area (Å²) in [6, 6.07) is 6.78. The molecule has 0 radical (unpaired) electrons. The molecule has 2 heterocycles. The fourth-order valence-electron chi connectivity index (χ4n) is 2.12. The molecular formula is C13H11N3O2. The normalized spacial score (nSPS) is 11.2. The van der Waals surface area contributed by atoms with Gasteiger partial charge in [0.05, 0.1) is 16.4 Å². The number of nitrogens with one attached hydrogen (secondary N) is 1. The largest absolute Gasteiger partial charge is 0.311 e. The number of nitrogens with zero attached hydrogens (tertiary/aromatic N) is 2. The summed E-state index contributed by atoms with van der Waals surface area (Å²) in [5, 5.41) is 1.39. The Morgan fingerprint density at radius 3 is 2.78 bits per heavy atom. The molecule has 1 aromatic carbocycles. The van der Waals surface area contributed by atoms with Crippen molar-refractivity contribution in [2.24, 2.45) is 7.05 Å². The van der Waals surface area contributed by atoms with E-state index in [-0.39, 0.29) is 11.1 Å². The first kappa shape index (κ1) is 10.7. The van der Waals surface area contributed by atoms with E-state index in [1.54, 1.807) is 26.1 Å². The molecule has 0 saturated heterocycles. The highest BCUT2D eigenvalue weighted by Gasteiger charge is 2.06. The number of aromatic nitrogens is 3. The number of rotatable bonds is 0. The number of hydrogen-bond acceptors (Lipinski definition) is 3. The third-order valence-electron chi connectivity index (χ3n) is 3.07. The molecule has 90 valence electrons. The van der Waals surface area contributed by atoms with Crippen LogP contribution in [0.2, 0.25) is 0 Å². The number of fused-ring (bicyclic) bond motifs is 2. The lowest BCUT2D eigenvalue weighted by Gasteiger charge is -2.06. The number of hydrogen-bond donors (Lipinski definition) is 1. The highest BCUT2D eigenvalue weighted by molar-refractivity contribution is 5.94. The SMILES string of the molecule is Cc1nc2cc3ccc(=O)n(C)c3cc2c(=O)[nH]1. The van der Waals surface area contributed by atoms with Crippen LogP contribution in [0.15, 0.2) is 33.9 Å². The quantitative estimate of drug-likeness (QED) is 0.599. The van der Waals surface area contributed by atoms with Crippen molar-refractivity contribution >= 4 is 21.8 Å². The van der Waals surface area contributed by atoms with Crippen LogP contribution in [0.4, 0.5) is 0 Å².